The number of nitrogens with one attached hydrogen (secondary N) is 2. The number of thiazole rings is 1. The van der Waals surface area contributed by atoms with E-state index in [1.54, 1.807) is 48.7 Å². The van der Waals surface area contributed by atoms with Crippen molar-refractivity contribution in [2.24, 2.45) is 7.05 Å². The summed E-state index contributed by atoms with van der Waals surface area (Å²) in [4.78, 5) is 8.20. The average molecular weight is 1820 g/mol. The van der Waals surface area contributed by atoms with Gasteiger partial charge in [-0.15, -0.1) is 12.6 Å². The number of hydrogen-bond acceptors (Lipinski definition) is 10. The SMILES string of the molecule is CC(C)N1CCOc2c1ccc[n+]2C(C)C.CC(C)N1CCc2c(ccc[n+]2C(C)C)N1.CC(C)N1CCc2c[n+](C(C)C)sc21.CC(C)N1NCCc2c1ccc[n+]2C(C)C.CC(C)[N+](C)(C)C(C)C.CC(C)c1c2c(n(C(C)C)[n+]1C)CCC2.CC(C)c1c[n+](C(C)C)c2n1CCC2.CC(C)c1s[n+](C(C)C)c2c1CCC2.CC(C)c1sc2c([n+]1C(C)C)CCC2. The van der Waals surface area contributed by atoms with E-state index in [4.69, 9.17) is 4.74 Å². The first-order chi connectivity index (χ1) is 60.2. The fourth-order valence-corrected chi connectivity index (χ4v) is 23.4. The molecule has 0 atom stereocenters. The predicted molar refractivity (Wildman–Crippen MR) is 543 cm³/mol. The Morgan fingerprint density at radius 1 is 0.445 bits per heavy atom. The lowest BCUT2D eigenvalue weighted by molar-refractivity contribution is -0.931. The van der Waals surface area contributed by atoms with Crippen LogP contribution in [0.4, 0.5) is 22.1 Å². The Morgan fingerprint density at radius 2 is 1.02 bits per heavy atom. The van der Waals surface area contributed by atoms with Crippen molar-refractivity contribution in [3.05, 3.63) is 145 Å². The van der Waals surface area contributed by atoms with Gasteiger partial charge in [-0.25, -0.2) is 19.6 Å². The van der Waals surface area contributed by atoms with Crippen molar-refractivity contribution < 1.29 is 44.7 Å². The minimum absolute atomic E-state index is 0.432. The molecule has 21 heteroatoms. The molecular weight excluding hydrogens is 1640 g/mol. The van der Waals surface area contributed by atoms with E-state index in [0.717, 1.165) is 61.5 Å². The fraction of sp³-hybridized carbons (Fsp3) is 0.720. The number of nitrogens with zero attached hydrogens (tertiary/aromatic N) is 15. The Balaban J connectivity index is 0.000000179. The second-order valence-electron chi connectivity index (χ2n) is 42.9. The summed E-state index contributed by atoms with van der Waals surface area (Å²) in [6.07, 6.45) is 29.0. The van der Waals surface area contributed by atoms with Crippen LogP contribution in [0.1, 0.15) is 424 Å². The number of rotatable bonds is 18. The normalized spacial score (nSPS) is 15.5. The van der Waals surface area contributed by atoms with Gasteiger partial charge in [-0.2, -0.15) is 23.0 Å². The highest BCUT2D eigenvalue weighted by Gasteiger charge is 2.39. The summed E-state index contributed by atoms with van der Waals surface area (Å²) in [7, 11) is 6.76. The Morgan fingerprint density at radius 3 is 1.55 bits per heavy atom. The zero-order valence-electron chi connectivity index (χ0n) is 88.7. The van der Waals surface area contributed by atoms with E-state index in [1.165, 1.54) is 141 Å². The maximum absolute atomic E-state index is 5.82. The minimum Gasteiger partial charge on any atom is -0.441 e. The number of pyridine rings is 3. The Hall–Kier alpha value is -6.36. The van der Waals surface area contributed by atoms with Crippen LogP contribution >= 0.6 is 34.4 Å². The number of anilines is 4. The standard InChI is InChI=1S/2C13H22N3.C13H21N2O.C13H23N2.C12H21N2.2C12H20NS.C11H19N2S.C8H20N/c1-10(2)15-9-5-6-13-12(15)7-8-14-16(13)11(3)4;1-10(2)15-8-5-6-12-13(15)7-9-16(14-12)11(3)4;1-10(2)14-8-9-16-13-12(14)6-5-7-15(13)11(3)4;1-9(2)13-11-7-6-8-12(11)15(10(3)4)14(13)5;1-9(2)11-8-14(10(3)4)12-6-5-7-13(11)12;1-8(2)12-13(9(3)4)10-6-5-7-11(10)14-12;1-8(2)12-10-6-5-7-11(10)13(14-12)9(3)4;1-8(2)12-6-5-10-7-13(9(3)4)14-11(10)12;1-7(2)9(5,6)8(3)4/h5-6,9-11,14H,7-8H2,1-4H3;5-6,8,10-11,14H,7,9H2,1-4H3;5-7,10-11H,8-9H2,1-4H3;9-10H,6-8H2,1-5H3;8-10H,5-7H2,1-4H3;2*8-9H,5-7H2,1-4H3;7-9H,5-6H2,1-4H3;7-8H,1-6H3/q9*+1. The van der Waals surface area contributed by atoms with Gasteiger partial charge in [0, 0.05) is 117 Å². The molecule has 5 aliphatic heterocycles. The number of fused-ring (bicyclic) bond motifs is 8. The highest BCUT2D eigenvalue weighted by atomic mass is 32.1. The van der Waals surface area contributed by atoms with Crippen LogP contribution in [0.5, 0.6) is 5.88 Å². The maximum Gasteiger partial charge on any atom is 0.392 e. The highest BCUT2D eigenvalue weighted by molar-refractivity contribution is 7.11. The molecule has 8 aromatic heterocycles. The van der Waals surface area contributed by atoms with Gasteiger partial charge in [0.2, 0.25) is 22.1 Å². The molecule has 2 N–H and O–H groups in total. The van der Waals surface area contributed by atoms with Crippen LogP contribution in [-0.2, 0) is 77.8 Å². The van der Waals surface area contributed by atoms with E-state index >= 15 is 0 Å². The summed E-state index contributed by atoms with van der Waals surface area (Å²) in [5, 5.41) is 7.64. The van der Waals surface area contributed by atoms with E-state index in [-0.39, 0.29) is 0 Å². The van der Waals surface area contributed by atoms with Crippen molar-refractivity contribution >= 4 is 56.5 Å². The van der Waals surface area contributed by atoms with E-state index in [0.29, 0.717) is 96.2 Å². The minimum atomic E-state index is 0.432. The fourth-order valence-electron chi connectivity index (χ4n) is 19.4. The Bertz CT molecular complexity index is 4510. The Labute approximate surface area is 794 Å². The smallest absolute Gasteiger partial charge is 0.392 e. The molecule has 0 radical (unpaired) electrons. The number of aryl methyl sites for hydroxylation is 1. The first-order valence-electron chi connectivity index (χ1n) is 50.7. The summed E-state index contributed by atoms with van der Waals surface area (Å²) in [5.41, 5.74) is 26.4. The summed E-state index contributed by atoms with van der Waals surface area (Å²) < 4.78 is 31.2. The third-order valence-electron chi connectivity index (χ3n) is 27.1. The average Bonchev–Trinajstić information content (AvgIpc) is 1.71. The van der Waals surface area contributed by atoms with Gasteiger partial charge in [0.25, 0.3) is 5.82 Å². The topological polar surface area (TPSA) is 87.2 Å². The lowest BCUT2D eigenvalue weighted by atomic mass is 10.0. The van der Waals surface area contributed by atoms with Crippen LogP contribution in [0.3, 0.4) is 0 Å². The molecule has 0 unspecified atom stereocenters. The summed E-state index contributed by atoms with van der Waals surface area (Å²) >= 11 is 5.95. The van der Waals surface area contributed by atoms with Gasteiger partial charge < -0.3 is 29.5 Å². The number of aromatic nitrogens is 10. The van der Waals surface area contributed by atoms with Crippen LogP contribution in [0.2, 0.25) is 0 Å². The zero-order valence-corrected chi connectivity index (χ0v) is 91.2. The predicted octanol–water partition coefficient (Wildman–Crippen LogP) is 21.8. The number of ether oxygens (including phenoxy) is 1. The Kier molecular flexibility index (Phi) is 40.1. The second-order valence-corrected chi connectivity index (χ2v) is 46.0. The molecule has 18 nitrogen and oxygen atoms in total. The van der Waals surface area contributed by atoms with Crippen molar-refractivity contribution in [3.8, 4) is 5.88 Å². The molecule has 0 saturated carbocycles. The first kappa shape index (κ1) is 107. The van der Waals surface area contributed by atoms with Gasteiger partial charge in [-0.3, -0.25) is 0 Å². The van der Waals surface area contributed by atoms with E-state index < -0.39 is 0 Å². The van der Waals surface area contributed by atoms with Crippen LogP contribution in [0.25, 0.3) is 0 Å². The molecule has 0 fully saturated rings. The molecule has 3 aliphatic carbocycles. The number of hydrogen-bond donors (Lipinski definition) is 2. The molecule has 16 rings (SSSR count). The summed E-state index contributed by atoms with van der Waals surface area (Å²) in [6, 6.07) is 21.1. The van der Waals surface area contributed by atoms with Crippen molar-refractivity contribution in [1.29, 1.82) is 0 Å². The molecule has 8 aliphatic rings. The van der Waals surface area contributed by atoms with Gasteiger partial charge in [-0.1, -0.05) is 66.7 Å². The molecule has 0 spiro atoms. The van der Waals surface area contributed by atoms with Crippen molar-refractivity contribution in [1.82, 2.24) is 19.7 Å². The molecular formula is C107H188N17OS3+9. The van der Waals surface area contributed by atoms with Gasteiger partial charge in [-0.05, 0) is 276 Å². The van der Waals surface area contributed by atoms with E-state index in [1.807, 2.05) is 34.4 Å². The van der Waals surface area contributed by atoms with Crippen LogP contribution in [0, 0.1) is 0 Å². The lowest BCUT2D eigenvalue weighted by Gasteiger charge is -2.38. The van der Waals surface area contributed by atoms with E-state index in [9.17, 15) is 0 Å². The van der Waals surface area contributed by atoms with Gasteiger partial charge in [0.1, 0.15) is 41.4 Å². The molecule has 128 heavy (non-hydrogen) atoms. The van der Waals surface area contributed by atoms with Crippen molar-refractivity contribution in [2.75, 3.05) is 67.1 Å². The first-order valence-corrected chi connectivity index (χ1v) is 53.1. The molecule has 0 bridgehead atoms. The van der Waals surface area contributed by atoms with Crippen molar-refractivity contribution in [2.45, 2.75) is 454 Å². The largest absolute Gasteiger partial charge is 0.441 e. The third-order valence-corrected chi connectivity index (χ3v) is 31.9. The van der Waals surface area contributed by atoms with E-state index in [2.05, 4.69) is 413 Å². The van der Waals surface area contributed by atoms with Crippen LogP contribution in [0.15, 0.2) is 67.4 Å². The van der Waals surface area contributed by atoms with Crippen LogP contribution < -0.4 is 65.8 Å². The lowest BCUT2D eigenvalue weighted by Crippen LogP contribution is -2.52. The van der Waals surface area contributed by atoms with Crippen LogP contribution in [-0.4, -0.2) is 102 Å². The van der Waals surface area contributed by atoms with Crippen molar-refractivity contribution in [3.63, 3.8) is 0 Å². The van der Waals surface area contributed by atoms with Gasteiger partial charge in [0.15, 0.2) is 102 Å². The number of imidazole rings is 1. The molecule has 0 aromatic carbocycles. The number of hydrazine groups is 2. The summed E-state index contributed by atoms with van der Waals surface area (Å²) in [6.45, 7) is 87.7. The maximum atomic E-state index is 5.82. The molecule has 716 valence electrons. The number of quaternary nitrogens is 1. The third kappa shape index (κ3) is 26.2. The quantitative estimate of drug-likeness (QED) is 0.0654. The monoisotopic (exact) mass is 1820 g/mol. The van der Waals surface area contributed by atoms with Gasteiger partial charge >= 0.3 is 5.88 Å². The molecule has 8 aromatic rings. The summed E-state index contributed by atoms with van der Waals surface area (Å²) in [5.74, 6) is 5.20. The van der Waals surface area contributed by atoms with Gasteiger partial charge in [0.05, 0.1) is 78.8 Å². The molecule has 13 heterocycles. The molecule has 0 amide bonds. The highest BCUT2D eigenvalue weighted by Crippen LogP contribution is 2.38. The second kappa shape index (κ2) is 48.0. The zero-order chi connectivity index (χ0) is 95.1. The molecule has 0 saturated heterocycles.